The van der Waals surface area contributed by atoms with Gasteiger partial charge >= 0.3 is 0 Å². The van der Waals surface area contributed by atoms with Crippen LogP contribution in [-0.2, 0) is 9.47 Å². The van der Waals surface area contributed by atoms with E-state index in [9.17, 15) is 0 Å². The van der Waals surface area contributed by atoms with Gasteiger partial charge in [0.15, 0.2) is 0 Å². The van der Waals surface area contributed by atoms with E-state index >= 15 is 0 Å². The van der Waals surface area contributed by atoms with Gasteiger partial charge in [-0.1, -0.05) is 13.5 Å². The summed E-state index contributed by atoms with van der Waals surface area (Å²) in [7, 11) is 0. The maximum atomic E-state index is 5.50. The van der Waals surface area contributed by atoms with Crippen molar-refractivity contribution < 1.29 is 9.47 Å². The highest BCUT2D eigenvalue weighted by Crippen LogP contribution is 1.94. The van der Waals surface area contributed by atoms with Gasteiger partial charge in [-0.15, -0.1) is 11.6 Å². The van der Waals surface area contributed by atoms with Gasteiger partial charge in [-0.3, -0.25) is 0 Å². The minimum Gasteiger partial charge on any atom is -0.379 e. The zero-order valence-electron chi connectivity index (χ0n) is 7.64. The summed E-state index contributed by atoms with van der Waals surface area (Å²) >= 11 is 5.50. The highest BCUT2D eigenvalue weighted by Gasteiger charge is 1.92. The van der Waals surface area contributed by atoms with Gasteiger partial charge in [0.25, 0.3) is 0 Å². The Morgan fingerprint density at radius 2 is 1.92 bits per heavy atom. The van der Waals surface area contributed by atoms with E-state index in [-0.39, 0.29) is 0 Å². The number of halogens is 1. The molecule has 0 radical (unpaired) electrons. The molecule has 0 aliphatic carbocycles. The van der Waals surface area contributed by atoms with E-state index in [4.69, 9.17) is 21.1 Å². The van der Waals surface area contributed by atoms with Crippen LogP contribution in [0.2, 0.25) is 0 Å². The molecule has 0 aliphatic heterocycles. The smallest absolute Gasteiger partial charge is 0.0704 e. The quantitative estimate of drug-likeness (QED) is 0.334. The van der Waals surface area contributed by atoms with Crippen LogP contribution in [0.25, 0.3) is 0 Å². The third kappa shape index (κ3) is 8.05. The monoisotopic (exact) mass is 192 g/mol. The number of rotatable bonds is 8. The number of ether oxygens (including phenoxy) is 2. The Morgan fingerprint density at radius 1 is 1.25 bits per heavy atom. The van der Waals surface area contributed by atoms with Gasteiger partial charge in [-0.25, -0.2) is 0 Å². The van der Waals surface area contributed by atoms with Gasteiger partial charge in [-0.05, 0) is 12.0 Å². The number of alkyl halides is 1. The molecule has 72 valence electrons. The predicted molar refractivity (Wildman–Crippen MR) is 51.8 cm³/mol. The second-order valence-electron chi connectivity index (χ2n) is 2.55. The summed E-state index contributed by atoms with van der Waals surface area (Å²) in [5.74, 6) is 0.468. The summed E-state index contributed by atoms with van der Waals surface area (Å²) in [5, 5.41) is 0. The number of hydrogen-bond acceptors (Lipinski definition) is 2. The molecule has 12 heavy (non-hydrogen) atoms. The zero-order valence-corrected chi connectivity index (χ0v) is 8.40. The molecule has 0 amide bonds. The van der Waals surface area contributed by atoms with Gasteiger partial charge in [0.05, 0.1) is 19.8 Å². The van der Waals surface area contributed by atoms with Crippen LogP contribution < -0.4 is 0 Å². The van der Waals surface area contributed by atoms with Crippen molar-refractivity contribution in [1.82, 2.24) is 0 Å². The first-order valence-corrected chi connectivity index (χ1v) is 4.72. The summed E-state index contributed by atoms with van der Waals surface area (Å²) in [6.45, 7) is 8.41. The second-order valence-corrected chi connectivity index (χ2v) is 2.82. The highest BCUT2D eigenvalue weighted by atomic mass is 35.5. The first kappa shape index (κ1) is 11.9. The topological polar surface area (TPSA) is 18.5 Å². The van der Waals surface area contributed by atoms with Crippen molar-refractivity contribution in [2.24, 2.45) is 0 Å². The molecule has 0 bridgehead atoms. The molecule has 0 N–H and O–H groups in total. The van der Waals surface area contributed by atoms with Crippen LogP contribution in [0.5, 0.6) is 0 Å². The third-order valence-electron chi connectivity index (χ3n) is 1.22. The molecule has 0 aliphatic rings. The van der Waals surface area contributed by atoms with Gasteiger partial charge in [-0.2, -0.15) is 0 Å². The van der Waals surface area contributed by atoms with Crippen molar-refractivity contribution >= 4 is 11.6 Å². The van der Waals surface area contributed by atoms with Crippen molar-refractivity contribution in [2.45, 2.75) is 13.3 Å². The lowest BCUT2D eigenvalue weighted by Crippen LogP contribution is -2.07. The average Bonchev–Trinajstić information content (AvgIpc) is 2.10. The molecule has 2 nitrogen and oxygen atoms in total. The Kier molecular flexibility index (Phi) is 9.00. The first-order valence-electron chi connectivity index (χ1n) is 4.19. The van der Waals surface area contributed by atoms with Crippen LogP contribution in [0.1, 0.15) is 13.3 Å². The Labute approximate surface area is 79.5 Å². The Hall–Kier alpha value is -0.0500. The normalized spacial score (nSPS) is 10.2. The lowest BCUT2D eigenvalue weighted by atomic mass is 10.4. The number of hydrogen-bond donors (Lipinski definition) is 0. The Balaban J connectivity index is 2.95. The SMILES string of the molecule is C=C(CCl)COCCOCCC. The molecule has 0 aromatic carbocycles. The van der Waals surface area contributed by atoms with Crippen molar-refractivity contribution in [3.8, 4) is 0 Å². The van der Waals surface area contributed by atoms with E-state index < -0.39 is 0 Å². The van der Waals surface area contributed by atoms with Gasteiger partial charge in [0.1, 0.15) is 0 Å². The van der Waals surface area contributed by atoms with E-state index in [1.165, 1.54) is 0 Å². The lowest BCUT2D eigenvalue weighted by Gasteiger charge is -2.04. The van der Waals surface area contributed by atoms with E-state index in [1.807, 2.05) is 0 Å². The standard InChI is InChI=1S/C9H17ClO2/c1-3-4-11-5-6-12-8-9(2)7-10/h2-8H2,1H3. The van der Waals surface area contributed by atoms with Gasteiger partial charge in [0, 0.05) is 12.5 Å². The average molecular weight is 193 g/mol. The molecular formula is C9H17ClO2. The Bertz CT molecular complexity index is 115. The van der Waals surface area contributed by atoms with E-state index in [1.54, 1.807) is 0 Å². The summed E-state index contributed by atoms with van der Waals surface area (Å²) in [6, 6.07) is 0. The van der Waals surface area contributed by atoms with Gasteiger partial charge < -0.3 is 9.47 Å². The molecule has 0 unspecified atom stereocenters. The summed E-state index contributed by atoms with van der Waals surface area (Å²) < 4.78 is 10.4. The molecule has 0 aromatic heterocycles. The maximum absolute atomic E-state index is 5.50. The predicted octanol–water partition coefficient (Wildman–Crippen LogP) is 2.22. The fourth-order valence-corrected chi connectivity index (χ4v) is 0.696. The van der Waals surface area contributed by atoms with Crippen LogP contribution in [0.15, 0.2) is 12.2 Å². The van der Waals surface area contributed by atoms with E-state index in [2.05, 4.69) is 13.5 Å². The molecular weight excluding hydrogens is 176 g/mol. The lowest BCUT2D eigenvalue weighted by molar-refractivity contribution is 0.0567. The zero-order chi connectivity index (χ0) is 9.23. The molecule has 0 atom stereocenters. The summed E-state index contributed by atoms with van der Waals surface area (Å²) in [4.78, 5) is 0. The molecule has 0 saturated heterocycles. The summed E-state index contributed by atoms with van der Waals surface area (Å²) in [6.07, 6.45) is 1.05. The highest BCUT2D eigenvalue weighted by molar-refractivity contribution is 6.19. The minimum absolute atomic E-state index is 0.468. The van der Waals surface area contributed by atoms with Crippen LogP contribution in [0.3, 0.4) is 0 Å². The fourth-order valence-electron chi connectivity index (χ4n) is 0.619. The summed E-state index contributed by atoms with van der Waals surface area (Å²) in [5.41, 5.74) is 0.909. The van der Waals surface area contributed by atoms with Crippen LogP contribution in [0, 0.1) is 0 Å². The molecule has 0 aromatic rings. The molecule has 0 rings (SSSR count). The van der Waals surface area contributed by atoms with Crippen molar-refractivity contribution in [3.63, 3.8) is 0 Å². The molecule has 0 spiro atoms. The molecule has 0 heterocycles. The van der Waals surface area contributed by atoms with Crippen LogP contribution in [-0.4, -0.2) is 32.3 Å². The van der Waals surface area contributed by atoms with Crippen molar-refractivity contribution in [3.05, 3.63) is 12.2 Å². The molecule has 0 saturated carbocycles. The minimum atomic E-state index is 0.468. The largest absolute Gasteiger partial charge is 0.379 e. The van der Waals surface area contributed by atoms with Crippen molar-refractivity contribution in [2.75, 3.05) is 32.3 Å². The van der Waals surface area contributed by atoms with Crippen LogP contribution >= 0.6 is 11.6 Å². The van der Waals surface area contributed by atoms with Crippen molar-refractivity contribution in [1.29, 1.82) is 0 Å². The first-order chi connectivity index (χ1) is 5.81. The molecule has 0 fully saturated rings. The maximum Gasteiger partial charge on any atom is 0.0704 e. The van der Waals surface area contributed by atoms with E-state index in [0.29, 0.717) is 25.7 Å². The third-order valence-corrected chi connectivity index (χ3v) is 1.59. The Morgan fingerprint density at radius 3 is 2.50 bits per heavy atom. The van der Waals surface area contributed by atoms with Crippen LogP contribution in [0.4, 0.5) is 0 Å². The fraction of sp³-hybridized carbons (Fsp3) is 0.778. The van der Waals surface area contributed by atoms with Gasteiger partial charge in [0.2, 0.25) is 0 Å². The van der Waals surface area contributed by atoms with E-state index in [0.717, 1.165) is 18.6 Å². The molecule has 3 heteroatoms. The second kappa shape index (κ2) is 9.04.